The first-order chi connectivity index (χ1) is 13.2. The Morgan fingerprint density at radius 3 is 2.81 bits per heavy atom. The van der Waals surface area contributed by atoms with Gasteiger partial charge in [-0.2, -0.15) is 0 Å². The van der Waals surface area contributed by atoms with Crippen LogP contribution in [0.5, 0.6) is 0 Å². The van der Waals surface area contributed by atoms with Crippen molar-refractivity contribution in [1.29, 1.82) is 0 Å². The smallest absolute Gasteiger partial charge is 0.193 e. The largest absolute Gasteiger partial charge is 0.376 e. The third-order valence-corrected chi connectivity index (χ3v) is 4.93. The number of pyridine rings is 1. The minimum atomic E-state index is 0.563. The number of rotatable bonds is 7. The lowest BCUT2D eigenvalue weighted by Gasteiger charge is -2.21. The van der Waals surface area contributed by atoms with Crippen LogP contribution in [0.2, 0.25) is 0 Å². The molecule has 1 aliphatic heterocycles. The van der Waals surface area contributed by atoms with Gasteiger partial charge in [-0.3, -0.25) is 9.98 Å². The van der Waals surface area contributed by atoms with Crippen molar-refractivity contribution in [3.63, 3.8) is 0 Å². The lowest BCUT2D eigenvalue weighted by molar-refractivity contribution is 0.0907. The summed E-state index contributed by atoms with van der Waals surface area (Å²) in [5, 5.41) is 3.48. The summed E-state index contributed by atoms with van der Waals surface area (Å²) in [5.74, 6) is 1.55. The highest BCUT2D eigenvalue weighted by molar-refractivity contribution is 5.80. The molecule has 5 nitrogen and oxygen atoms in total. The van der Waals surface area contributed by atoms with Gasteiger partial charge in [0.1, 0.15) is 0 Å². The first-order valence-electron chi connectivity index (χ1n) is 9.73. The van der Waals surface area contributed by atoms with Crippen molar-refractivity contribution in [2.45, 2.75) is 26.4 Å². The van der Waals surface area contributed by atoms with Crippen molar-refractivity contribution in [2.24, 2.45) is 10.9 Å². The van der Waals surface area contributed by atoms with Gasteiger partial charge in [0.15, 0.2) is 5.96 Å². The van der Waals surface area contributed by atoms with Gasteiger partial charge in [0.25, 0.3) is 0 Å². The third-order valence-electron chi connectivity index (χ3n) is 4.93. The molecule has 1 fully saturated rings. The number of nitrogens with zero attached hydrogens (tertiary/aromatic N) is 3. The fourth-order valence-electron chi connectivity index (χ4n) is 3.38. The van der Waals surface area contributed by atoms with Crippen LogP contribution in [0.4, 0.5) is 0 Å². The topological polar surface area (TPSA) is 49.8 Å². The second-order valence-corrected chi connectivity index (χ2v) is 7.13. The molecule has 2 heterocycles. The average Bonchev–Trinajstić information content (AvgIpc) is 3.16. The number of hydrogen-bond acceptors (Lipinski definition) is 3. The Bertz CT molecular complexity index is 715. The summed E-state index contributed by atoms with van der Waals surface area (Å²) in [6, 6.07) is 14.6. The number of nitrogens with one attached hydrogen (secondary N) is 1. The Morgan fingerprint density at radius 2 is 2.07 bits per heavy atom. The molecule has 1 aromatic carbocycles. The lowest BCUT2D eigenvalue weighted by Crippen LogP contribution is -2.41. The maximum Gasteiger partial charge on any atom is 0.193 e. The van der Waals surface area contributed by atoms with Gasteiger partial charge < -0.3 is 15.0 Å². The van der Waals surface area contributed by atoms with Gasteiger partial charge in [0.05, 0.1) is 13.2 Å². The minimum absolute atomic E-state index is 0.563. The van der Waals surface area contributed by atoms with E-state index in [0.717, 1.165) is 50.7 Å². The van der Waals surface area contributed by atoms with Crippen LogP contribution >= 0.6 is 0 Å². The molecule has 2 aromatic rings. The fraction of sp³-hybridized carbons (Fsp3) is 0.455. The molecule has 0 amide bonds. The fourth-order valence-corrected chi connectivity index (χ4v) is 3.38. The van der Waals surface area contributed by atoms with E-state index in [-0.39, 0.29) is 0 Å². The summed E-state index contributed by atoms with van der Waals surface area (Å²) >= 11 is 0. The van der Waals surface area contributed by atoms with Crippen LogP contribution in [0, 0.1) is 12.8 Å². The van der Waals surface area contributed by atoms with Crippen molar-refractivity contribution in [3.05, 3.63) is 65.5 Å². The number of hydrogen-bond donors (Lipinski definition) is 1. The molecule has 3 rings (SSSR count). The zero-order valence-electron chi connectivity index (χ0n) is 16.4. The third kappa shape index (κ3) is 6.07. The normalized spacial score (nSPS) is 17.3. The van der Waals surface area contributed by atoms with E-state index in [1.807, 2.05) is 26.2 Å². The van der Waals surface area contributed by atoms with Crippen molar-refractivity contribution in [3.8, 4) is 0 Å². The zero-order chi connectivity index (χ0) is 18.9. The Balaban J connectivity index is 1.37. The average molecular weight is 367 g/mol. The molecule has 144 valence electrons. The van der Waals surface area contributed by atoms with Crippen LogP contribution in [0.15, 0.2) is 53.7 Å². The summed E-state index contributed by atoms with van der Waals surface area (Å²) in [7, 11) is 1.86. The van der Waals surface area contributed by atoms with E-state index in [1.165, 1.54) is 11.1 Å². The van der Waals surface area contributed by atoms with Crippen LogP contribution in [0.1, 0.15) is 23.2 Å². The van der Waals surface area contributed by atoms with Gasteiger partial charge in [-0.1, -0.05) is 36.4 Å². The first-order valence-corrected chi connectivity index (χ1v) is 9.73. The molecule has 1 N–H and O–H groups in total. The summed E-state index contributed by atoms with van der Waals surface area (Å²) in [5.41, 5.74) is 3.53. The summed E-state index contributed by atoms with van der Waals surface area (Å²) in [6.45, 7) is 6.40. The highest BCUT2D eigenvalue weighted by atomic mass is 16.5. The summed E-state index contributed by atoms with van der Waals surface area (Å²) in [6.07, 6.45) is 4.05. The molecular formula is C22H30N4O. The molecule has 0 spiro atoms. The number of ether oxygens (including phenoxy) is 1. The summed E-state index contributed by atoms with van der Waals surface area (Å²) in [4.78, 5) is 11.1. The Hall–Kier alpha value is -2.40. The highest BCUT2D eigenvalue weighted by Gasteiger charge is 2.24. The van der Waals surface area contributed by atoms with E-state index in [0.29, 0.717) is 12.5 Å². The molecule has 0 aliphatic carbocycles. The van der Waals surface area contributed by atoms with Gasteiger partial charge >= 0.3 is 0 Å². The van der Waals surface area contributed by atoms with Crippen LogP contribution < -0.4 is 5.32 Å². The van der Waals surface area contributed by atoms with Gasteiger partial charge in [0, 0.05) is 44.5 Å². The Kier molecular flexibility index (Phi) is 7.22. The van der Waals surface area contributed by atoms with Gasteiger partial charge in [-0.15, -0.1) is 0 Å². The number of aliphatic imine (C=N–C) groups is 1. The number of benzene rings is 1. The molecule has 5 heteroatoms. The lowest BCUT2D eigenvalue weighted by atomic mass is 10.1. The Morgan fingerprint density at radius 1 is 1.22 bits per heavy atom. The molecule has 1 saturated heterocycles. The maximum absolute atomic E-state index is 5.92. The van der Waals surface area contributed by atoms with Gasteiger partial charge in [0.2, 0.25) is 0 Å². The van der Waals surface area contributed by atoms with E-state index in [2.05, 4.69) is 56.6 Å². The second kappa shape index (κ2) is 10.1. The van der Waals surface area contributed by atoms with Crippen LogP contribution in [0.3, 0.4) is 0 Å². The molecule has 1 atom stereocenters. The molecule has 0 saturated carbocycles. The molecule has 0 radical (unpaired) electrons. The predicted octanol–water partition coefficient (Wildman–Crippen LogP) is 3.05. The standard InChI is InChI=1S/C22H30N4O/c1-18-8-9-19(14-25-18)10-12-24-22(23-2)26-13-11-21(15-26)17-27-16-20-6-4-3-5-7-20/h3-9,14,21H,10-13,15-17H2,1-2H3,(H,23,24). The highest BCUT2D eigenvalue weighted by Crippen LogP contribution is 2.17. The molecule has 27 heavy (non-hydrogen) atoms. The molecule has 1 unspecified atom stereocenters. The number of guanidine groups is 1. The first kappa shape index (κ1) is 19.4. The number of likely N-dealkylation sites (tertiary alicyclic amines) is 1. The van der Waals surface area contributed by atoms with Gasteiger partial charge in [-0.25, -0.2) is 0 Å². The second-order valence-electron chi connectivity index (χ2n) is 7.13. The zero-order valence-corrected chi connectivity index (χ0v) is 16.4. The SMILES string of the molecule is CN=C(NCCc1ccc(C)nc1)N1CCC(COCc2ccccc2)C1. The molecule has 0 bridgehead atoms. The maximum atomic E-state index is 5.92. The molecule has 1 aromatic heterocycles. The number of aromatic nitrogens is 1. The van der Waals surface area contributed by atoms with E-state index < -0.39 is 0 Å². The van der Waals surface area contributed by atoms with Crippen LogP contribution in [0.25, 0.3) is 0 Å². The summed E-state index contributed by atoms with van der Waals surface area (Å²) < 4.78 is 5.92. The van der Waals surface area contributed by atoms with E-state index >= 15 is 0 Å². The van der Waals surface area contributed by atoms with Gasteiger partial charge in [-0.05, 0) is 37.0 Å². The van der Waals surface area contributed by atoms with Crippen LogP contribution in [-0.2, 0) is 17.8 Å². The number of aryl methyl sites for hydroxylation is 1. The Labute approximate surface area is 162 Å². The van der Waals surface area contributed by atoms with Crippen molar-refractivity contribution in [2.75, 3.05) is 33.3 Å². The molecular weight excluding hydrogens is 336 g/mol. The monoisotopic (exact) mass is 366 g/mol. The molecule has 1 aliphatic rings. The van der Waals surface area contributed by atoms with E-state index in [4.69, 9.17) is 4.74 Å². The minimum Gasteiger partial charge on any atom is -0.376 e. The van der Waals surface area contributed by atoms with E-state index in [1.54, 1.807) is 0 Å². The quantitative estimate of drug-likeness (QED) is 0.604. The predicted molar refractivity (Wildman–Crippen MR) is 110 cm³/mol. The van der Waals surface area contributed by atoms with Crippen molar-refractivity contribution < 1.29 is 4.74 Å². The van der Waals surface area contributed by atoms with Crippen LogP contribution in [-0.4, -0.2) is 49.1 Å². The van der Waals surface area contributed by atoms with Crippen molar-refractivity contribution in [1.82, 2.24) is 15.2 Å². The van der Waals surface area contributed by atoms with Crippen molar-refractivity contribution >= 4 is 5.96 Å². The van der Waals surface area contributed by atoms with E-state index in [9.17, 15) is 0 Å².